The van der Waals surface area contributed by atoms with E-state index in [1.807, 2.05) is 0 Å². The van der Waals surface area contributed by atoms with Gasteiger partial charge in [-0.15, -0.1) is 11.3 Å². The maximum atomic E-state index is 12.3. The number of carbonyl (C=O) groups is 3. The average molecular weight is 352 g/mol. The van der Waals surface area contributed by atoms with Gasteiger partial charge in [-0.25, -0.2) is 4.79 Å². The van der Waals surface area contributed by atoms with E-state index in [1.54, 1.807) is 6.92 Å². The molecule has 0 saturated carbocycles. The Hall–Kier alpha value is -1.89. The zero-order chi connectivity index (χ0) is 17.7. The van der Waals surface area contributed by atoms with Gasteiger partial charge in [-0.05, 0) is 44.1 Å². The molecule has 0 fully saturated rings. The van der Waals surface area contributed by atoms with Crippen molar-refractivity contribution in [3.8, 4) is 0 Å². The second-order valence-electron chi connectivity index (χ2n) is 5.87. The predicted molar refractivity (Wildman–Crippen MR) is 89.0 cm³/mol. The zero-order valence-electron chi connectivity index (χ0n) is 14.0. The van der Waals surface area contributed by atoms with E-state index in [2.05, 4.69) is 12.2 Å². The van der Waals surface area contributed by atoms with Gasteiger partial charge < -0.3 is 20.0 Å². The molecular weight excluding hydrogens is 330 g/mol. The maximum absolute atomic E-state index is 12.3. The molecule has 1 atom stereocenters. The van der Waals surface area contributed by atoms with Gasteiger partial charge in [0.25, 0.3) is 0 Å². The summed E-state index contributed by atoms with van der Waals surface area (Å²) in [5.41, 5.74) is 1.41. The number of hydrogen-bond donors (Lipinski definition) is 1. The van der Waals surface area contributed by atoms with Gasteiger partial charge in [0.05, 0.1) is 12.2 Å². The van der Waals surface area contributed by atoms with Crippen LogP contribution >= 0.6 is 11.3 Å². The molecule has 2 rings (SSSR count). The lowest BCUT2D eigenvalue weighted by Gasteiger charge is -2.20. The number of hydrogen-bond acceptors (Lipinski definition) is 6. The second-order valence-corrected chi connectivity index (χ2v) is 6.97. The third-order valence-electron chi connectivity index (χ3n) is 4.23. The van der Waals surface area contributed by atoms with Crippen molar-refractivity contribution in [2.45, 2.75) is 52.4 Å². The van der Waals surface area contributed by atoms with Crippen molar-refractivity contribution >= 4 is 34.2 Å². The summed E-state index contributed by atoms with van der Waals surface area (Å²) < 4.78 is 5.14. The normalized spacial score (nSPS) is 16.3. The predicted octanol–water partition coefficient (Wildman–Crippen LogP) is 1.91. The van der Waals surface area contributed by atoms with Gasteiger partial charge in [0.2, 0.25) is 5.91 Å². The Morgan fingerprint density at radius 2 is 2.04 bits per heavy atom. The molecule has 132 valence electrons. The highest BCUT2D eigenvalue weighted by Crippen LogP contribution is 2.40. The number of rotatable bonds is 7. The van der Waals surface area contributed by atoms with Gasteiger partial charge >= 0.3 is 5.97 Å². The lowest BCUT2D eigenvalue weighted by molar-refractivity contribution is -0.305. The van der Waals surface area contributed by atoms with Crippen molar-refractivity contribution in [2.75, 3.05) is 11.9 Å². The van der Waals surface area contributed by atoms with E-state index in [4.69, 9.17) is 4.74 Å². The minimum absolute atomic E-state index is 0.176. The Morgan fingerprint density at radius 1 is 1.29 bits per heavy atom. The molecule has 7 heteroatoms. The van der Waals surface area contributed by atoms with Crippen molar-refractivity contribution in [3.63, 3.8) is 0 Å². The monoisotopic (exact) mass is 352 g/mol. The maximum Gasteiger partial charge on any atom is 0.341 e. The second kappa shape index (κ2) is 8.28. The number of amides is 1. The highest BCUT2D eigenvalue weighted by molar-refractivity contribution is 7.17. The highest BCUT2D eigenvalue weighted by Gasteiger charge is 2.29. The fraction of sp³-hybridized carbons (Fsp3) is 0.588. The standard InChI is InChI=1S/C17H23NO5S/c1-3-10-5-6-11-12(9-10)24-16(15(11)17(22)23-4-2)18-13(19)7-8-14(20)21/h10H,3-9H2,1-2H3,(H,18,19)(H,20,21)/p-1/t10-/m0/s1. The van der Waals surface area contributed by atoms with Crippen molar-refractivity contribution in [1.29, 1.82) is 0 Å². The largest absolute Gasteiger partial charge is 0.550 e. The summed E-state index contributed by atoms with van der Waals surface area (Å²) in [5, 5.41) is 13.6. The first-order valence-electron chi connectivity index (χ1n) is 8.27. The van der Waals surface area contributed by atoms with Crippen LogP contribution in [0.4, 0.5) is 5.00 Å². The van der Waals surface area contributed by atoms with Crippen LogP contribution in [0.1, 0.15) is 60.3 Å². The highest BCUT2D eigenvalue weighted by atomic mass is 32.1. The average Bonchev–Trinajstić information content (AvgIpc) is 2.89. The molecule has 1 N–H and O–H groups in total. The van der Waals surface area contributed by atoms with Crippen LogP contribution in [0, 0.1) is 5.92 Å². The molecule has 0 aromatic carbocycles. The molecule has 1 aromatic heterocycles. The summed E-state index contributed by atoms with van der Waals surface area (Å²) in [6.07, 6.45) is 3.28. The number of anilines is 1. The molecule has 1 heterocycles. The summed E-state index contributed by atoms with van der Waals surface area (Å²) in [6.45, 7) is 4.15. The molecule has 0 unspecified atom stereocenters. The van der Waals surface area contributed by atoms with E-state index in [0.717, 1.165) is 36.1 Å². The third-order valence-corrected chi connectivity index (χ3v) is 5.40. The number of aliphatic carboxylic acids is 1. The molecule has 0 saturated heterocycles. The first kappa shape index (κ1) is 18.4. The molecule has 1 aliphatic carbocycles. The minimum atomic E-state index is -1.27. The van der Waals surface area contributed by atoms with Crippen LogP contribution in [0.3, 0.4) is 0 Å². The van der Waals surface area contributed by atoms with Gasteiger partial charge in [0.1, 0.15) is 5.00 Å². The lowest BCUT2D eigenvalue weighted by atomic mass is 9.85. The van der Waals surface area contributed by atoms with Crippen LogP contribution in [-0.2, 0) is 27.2 Å². The van der Waals surface area contributed by atoms with Crippen molar-refractivity contribution in [2.24, 2.45) is 5.92 Å². The van der Waals surface area contributed by atoms with Crippen LogP contribution in [0.5, 0.6) is 0 Å². The number of carboxylic acids is 1. The van der Waals surface area contributed by atoms with Crippen LogP contribution in [0.25, 0.3) is 0 Å². The molecule has 6 nitrogen and oxygen atoms in total. The summed E-state index contributed by atoms with van der Waals surface area (Å²) >= 11 is 1.40. The van der Waals surface area contributed by atoms with Gasteiger partial charge in [0.15, 0.2) is 0 Å². The van der Waals surface area contributed by atoms with Crippen LogP contribution < -0.4 is 10.4 Å². The Balaban J connectivity index is 2.25. The molecule has 0 aliphatic heterocycles. The lowest BCUT2D eigenvalue weighted by Crippen LogP contribution is -2.24. The fourth-order valence-electron chi connectivity index (χ4n) is 2.91. The topological polar surface area (TPSA) is 95.5 Å². The number of ether oxygens (including phenoxy) is 1. The molecule has 0 spiro atoms. The number of carbonyl (C=O) groups excluding carboxylic acids is 3. The van der Waals surface area contributed by atoms with E-state index >= 15 is 0 Å². The van der Waals surface area contributed by atoms with E-state index in [-0.39, 0.29) is 19.4 Å². The van der Waals surface area contributed by atoms with E-state index < -0.39 is 17.8 Å². The van der Waals surface area contributed by atoms with Crippen LogP contribution in [0.2, 0.25) is 0 Å². The number of thiophene rings is 1. The van der Waals surface area contributed by atoms with Gasteiger partial charge in [-0.1, -0.05) is 13.3 Å². The molecule has 24 heavy (non-hydrogen) atoms. The molecular formula is C17H22NO5S-. The number of fused-ring (bicyclic) bond motifs is 1. The van der Waals surface area contributed by atoms with Gasteiger partial charge in [-0.2, -0.15) is 0 Å². The first-order chi connectivity index (χ1) is 11.5. The van der Waals surface area contributed by atoms with E-state index in [1.165, 1.54) is 11.3 Å². The smallest absolute Gasteiger partial charge is 0.341 e. The molecule has 1 aliphatic rings. The number of carboxylic acid groups (broad SMARTS) is 1. The Bertz CT molecular complexity index is 637. The van der Waals surface area contributed by atoms with Crippen LogP contribution in [-0.4, -0.2) is 24.5 Å². The number of nitrogens with one attached hydrogen (secondary N) is 1. The van der Waals surface area contributed by atoms with Crippen LogP contribution in [0.15, 0.2) is 0 Å². The summed E-state index contributed by atoms with van der Waals surface area (Å²) in [4.78, 5) is 35.9. The van der Waals surface area contributed by atoms with Crippen molar-refractivity contribution in [3.05, 3.63) is 16.0 Å². The molecule has 0 bridgehead atoms. The Labute approximate surface area is 145 Å². The molecule has 0 radical (unpaired) electrons. The summed E-state index contributed by atoms with van der Waals surface area (Å²) in [6, 6.07) is 0. The Kier molecular flexibility index (Phi) is 6.36. The SMILES string of the molecule is CCOC(=O)c1c(NC(=O)CCC(=O)[O-])sc2c1CC[C@H](CC)C2. The zero-order valence-corrected chi connectivity index (χ0v) is 14.8. The quantitative estimate of drug-likeness (QED) is 0.756. The first-order valence-corrected chi connectivity index (χ1v) is 9.09. The molecule has 1 amide bonds. The fourth-order valence-corrected chi connectivity index (χ4v) is 4.28. The number of esters is 1. The van der Waals surface area contributed by atoms with E-state index in [9.17, 15) is 19.5 Å². The minimum Gasteiger partial charge on any atom is -0.550 e. The molecule has 1 aromatic rings. The van der Waals surface area contributed by atoms with Crippen molar-refractivity contribution in [1.82, 2.24) is 0 Å². The summed E-state index contributed by atoms with van der Waals surface area (Å²) in [5.74, 6) is -1.55. The van der Waals surface area contributed by atoms with E-state index in [0.29, 0.717) is 16.5 Å². The summed E-state index contributed by atoms with van der Waals surface area (Å²) in [7, 11) is 0. The van der Waals surface area contributed by atoms with Gasteiger partial charge in [-0.3, -0.25) is 4.79 Å². The van der Waals surface area contributed by atoms with Gasteiger partial charge in [0, 0.05) is 17.3 Å². The third kappa shape index (κ3) is 4.35. The van der Waals surface area contributed by atoms with Crippen molar-refractivity contribution < 1.29 is 24.2 Å². The Morgan fingerprint density at radius 3 is 2.67 bits per heavy atom.